The Morgan fingerprint density at radius 3 is 2.54 bits per heavy atom. The van der Waals surface area contributed by atoms with E-state index >= 15 is 0 Å². The minimum atomic E-state index is 0. The second-order valence-corrected chi connectivity index (χ2v) is 6.87. The molecule has 1 aromatic heterocycles. The van der Waals surface area contributed by atoms with E-state index in [1.54, 1.807) is 23.3 Å². The van der Waals surface area contributed by atoms with Crippen LogP contribution in [0.25, 0.3) is 0 Å². The number of thiophene rings is 1. The number of nitrogens with zero attached hydrogens (tertiary/aromatic N) is 2. The minimum absolute atomic E-state index is 0. The first kappa shape index (κ1) is 22.4. The van der Waals surface area contributed by atoms with E-state index in [9.17, 15) is 4.79 Å². The summed E-state index contributed by atoms with van der Waals surface area (Å²) in [6, 6.07) is 12.1. The first-order valence-electron chi connectivity index (χ1n) is 8.35. The summed E-state index contributed by atoms with van der Waals surface area (Å²) in [6.07, 6.45) is 0.433. The minimum Gasteiger partial charge on any atom is -0.356 e. The van der Waals surface area contributed by atoms with Gasteiger partial charge in [-0.05, 0) is 29.5 Å². The van der Waals surface area contributed by atoms with Gasteiger partial charge in [-0.25, -0.2) is 0 Å². The maximum atomic E-state index is 12.2. The Hall–Kier alpha value is -1.61. The average Bonchev–Trinajstić information content (AvgIpc) is 3.03. The fourth-order valence-electron chi connectivity index (χ4n) is 2.39. The number of benzene rings is 1. The van der Waals surface area contributed by atoms with Crippen LogP contribution in [0.3, 0.4) is 0 Å². The molecule has 0 bridgehead atoms. The van der Waals surface area contributed by atoms with Gasteiger partial charge < -0.3 is 15.5 Å². The predicted molar refractivity (Wildman–Crippen MR) is 120 cm³/mol. The molecular formula is C19H27IN4OS. The standard InChI is InChI=1S/C19H26N4OS.HI/c1-15-10-12-25-17(15)13-22-19(20-2)21-11-9-18(24)23(3)14-16-7-5-4-6-8-16;/h4-8,10,12H,9,11,13-14H2,1-3H3,(H2,20,21,22);1H. The van der Waals surface area contributed by atoms with Gasteiger partial charge >= 0.3 is 0 Å². The highest BCUT2D eigenvalue weighted by Gasteiger charge is 2.09. The Morgan fingerprint density at radius 2 is 1.92 bits per heavy atom. The third kappa shape index (κ3) is 7.33. The Bertz CT molecular complexity index is 703. The molecular weight excluding hydrogens is 459 g/mol. The fraction of sp³-hybridized carbons (Fsp3) is 0.368. The molecule has 1 aromatic carbocycles. The van der Waals surface area contributed by atoms with Crippen molar-refractivity contribution >= 4 is 47.2 Å². The van der Waals surface area contributed by atoms with Gasteiger partial charge in [-0.15, -0.1) is 35.3 Å². The summed E-state index contributed by atoms with van der Waals surface area (Å²) >= 11 is 1.73. The second-order valence-electron chi connectivity index (χ2n) is 5.86. The van der Waals surface area contributed by atoms with Crippen LogP contribution in [0, 0.1) is 6.92 Å². The van der Waals surface area contributed by atoms with Crippen molar-refractivity contribution in [3.8, 4) is 0 Å². The quantitative estimate of drug-likeness (QED) is 0.359. The Labute approximate surface area is 176 Å². The number of guanidine groups is 1. The number of hydrogen-bond acceptors (Lipinski definition) is 3. The summed E-state index contributed by atoms with van der Waals surface area (Å²) in [6.45, 7) is 4.03. The summed E-state index contributed by atoms with van der Waals surface area (Å²) in [5, 5.41) is 8.56. The van der Waals surface area contributed by atoms with E-state index in [0.717, 1.165) is 12.1 Å². The van der Waals surface area contributed by atoms with Crippen LogP contribution < -0.4 is 10.6 Å². The number of aliphatic imine (C=N–C) groups is 1. The Morgan fingerprint density at radius 1 is 1.19 bits per heavy atom. The van der Waals surface area contributed by atoms with Crippen LogP contribution in [0.1, 0.15) is 22.4 Å². The molecule has 0 aliphatic heterocycles. The van der Waals surface area contributed by atoms with Gasteiger partial charge in [0, 0.05) is 38.5 Å². The zero-order valence-electron chi connectivity index (χ0n) is 15.5. The summed E-state index contributed by atoms with van der Waals surface area (Å²) in [7, 11) is 3.57. The molecule has 0 fully saturated rings. The van der Waals surface area contributed by atoms with E-state index in [1.807, 2.05) is 37.4 Å². The maximum Gasteiger partial charge on any atom is 0.224 e. The lowest BCUT2D eigenvalue weighted by Gasteiger charge is -2.18. The summed E-state index contributed by atoms with van der Waals surface area (Å²) < 4.78 is 0. The van der Waals surface area contributed by atoms with Crippen molar-refractivity contribution in [2.75, 3.05) is 20.6 Å². The number of rotatable bonds is 7. The van der Waals surface area contributed by atoms with Crippen LogP contribution >= 0.6 is 35.3 Å². The van der Waals surface area contributed by atoms with Crippen LogP contribution in [0.2, 0.25) is 0 Å². The highest BCUT2D eigenvalue weighted by Crippen LogP contribution is 2.14. The fourth-order valence-corrected chi connectivity index (χ4v) is 3.24. The van der Waals surface area contributed by atoms with Crippen molar-refractivity contribution in [3.63, 3.8) is 0 Å². The molecule has 2 rings (SSSR count). The largest absolute Gasteiger partial charge is 0.356 e. The van der Waals surface area contributed by atoms with E-state index in [-0.39, 0.29) is 29.9 Å². The molecule has 5 nitrogen and oxygen atoms in total. The van der Waals surface area contributed by atoms with Gasteiger partial charge in [0.05, 0.1) is 6.54 Å². The van der Waals surface area contributed by atoms with Gasteiger partial charge in [-0.3, -0.25) is 9.79 Å². The van der Waals surface area contributed by atoms with Crippen molar-refractivity contribution in [3.05, 3.63) is 57.8 Å². The number of halogens is 1. The second kappa shape index (κ2) is 11.9. The first-order chi connectivity index (χ1) is 12.1. The smallest absolute Gasteiger partial charge is 0.224 e. The van der Waals surface area contributed by atoms with Gasteiger partial charge in [0.1, 0.15) is 0 Å². The van der Waals surface area contributed by atoms with E-state index in [0.29, 0.717) is 25.5 Å². The molecule has 0 radical (unpaired) electrons. The molecule has 0 aliphatic rings. The molecule has 1 heterocycles. The van der Waals surface area contributed by atoms with Crippen LogP contribution in [0.15, 0.2) is 46.8 Å². The predicted octanol–water partition coefficient (Wildman–Crippen LogP) is 3.39. The molecule has 0 atom stereocenters. The van der Waals surface area contributed by atoms with Gasteiger partial charge in [0.2, 0.25) is 5.91 Å². The zero-order valence-corrected chi connectivity index (χ0v) is 18.6. The van der Waals surface area contributed by atoms with Gasteiger partial charge in [-0.1, -0.05) is 30.3 Å². The zero-order chi connectivity index (χ0) is 18.1. The summed E-state index contributed by atoms with van der Waals surface area (Å²) in [5.41, 5.74) is 2.42. The lowest BCUT2D eigenvalue weighted by atomic mass is 10.2. The third-order valence-electron chi connectivity index (χ3n) is 3.93. The Balaban J connectivity index is 0.00000338. The van der Waals surface area contributed by atoms with Gasteiger partial charge in [0.15, 0.2) is 5.96 Å². The van der Waals surface area contributed by atoms with Gasteiger partial charge in [0.25, 0.3) is 0 Å². The number of aryl methyl sites for hydroxylation is 1. The lowest BCUT2D eigenvalue weighted by molar-refractivity contribution is -0.130. The molecule has 1 amide bonds. The molecule has 0 saturated carbocycles. The SMILES string of the molecule is CN=C(NCCC(=O)N(C)Cc1ccccc1)NCc1sccc1C.I. The normalized spacial score (nSPS) is 10.8. The van der Waals surface area contributed by atoms with Crippen molar-refractivity contribution in [2.45, 2.75) is 26.4 Å². The van der Waals surface area contributed by atoms with Crippen LogP contribution in [-0.4, -0.2) is 37.4 Å². The van der Waals surface area contributed by atoms with Crippen molar-refractivity contribution in [1.82, 2.24) is 15.5 Å². The molecule has 2 aromatic rings. The first-order valence-corrected chi connectivity index (χ1v) is 9.23. The maximum absolute atomic E-state index is 12.2. The average molecular weight is 486 g/mol. The highest BCUT2D eigenvalue weighted by molar-refractivity contribution is 14.0. The van der Waals surface area contributed by atoms with Gasteiger partial charge in [-0.2, -0.15) is 0 Å². The van der Waals surface area contributed by atoms with E-state index in [2.05, 4.69) is 34.0 Å². The van der Waals surface area contributed by atoms with E-state index in [4.69, 9.17) is 0 Å². The van der Waals surface area contributed by atoms with Crippen molar-refractivity contribution in [2.24, 2.45) is 4.99 Å². The van der Waals surface area contributed by atoms with Crippen molar-refractivity contribution in [1.29, 1.82) is 0 Å². The number of amides is 1. The summed E-state index contributed by atoms with van der Waals surface area (Å²) in [5.74, 6) is 0.826. The number of carbonyl (C=O) groups is 1. The van der Waals surface area contributed by atoms with Crippen LogP contribution in [0.5, 0.6) is 0 Å². The Kier molecular flexibility index (Phi) is 10.3. The van der Waals surface area contributed by atoms with Crippen LogP contribution in [-0.2, 0) is 17.9 Å². The topological polar surface area (TPSA) is 56.7 Å². The van der Waals surface area contributed by atoms with Crippen LogP contribution in [0.4, 0.5) is 0 Å². The molecule has 142 valence electrons. The highest BCUT2D eigenvalue weighted by atomic mass is 127. The monoisotopic (exact) mass is 486 g/mol. The lowest BCUT2D eigenvalue weighted by Crippen LogP contribution is -2.39. The third-order valence-corrected chi connectivity index (χ3v) is 4.95. The molecule has 2 N–H and O–H groups in total. The number of hydrogen-bond donors (Lipinski definition) is 2. The molecule has 0 unspecified atom stereocenters. The number of nitrogens with one attached hydrogen (secondary N) is 2. The van der Waals surface area contributed by atoms with E-state index < -0.39 is 0 Å². The number of carbonyl (C=O) groups excluding carboxylic acids is 1. The molecule has 0 spiro atoms. The summed E-state index contributed by atoms with van der Waals surface area (Å²) in [4.78, 5) is 19.5. The van der Waals surface area contributed by atoms with Crippen molar-refractivity contribution < 1.29 is 4.79 Å². The molecule has 7 heteroatoms. The molecule has 0 saturated heterocycles. The molecule has 0 aliphatic carbocycles. The van der Waals surface area contributed by atoms with E-state index in [1.165, 1.54) is 10.4 Å². The molecule has 26 heavy (non-hydrogen) atoms.